The molecular formula is C18H28N2O. The predicted octanol–water partition coefficient (Wildman–Crippen LogP) is 2.97. The average Bonchev–Trinajstić information content (AvgIpc) is 2.95. The van der Waals surface area contributed by atoms with E-state index in [4.69, 9.17) is 4.74 Å². The lowest BCUT2D eigenvalue weighted by Gasteiger charge is -2.28. The first-order valence-corrected chi connectivity index (χ1v) is 8.43. The van der Waals surface area contributed by atoms with Crippen molar-refractivity contribution in [2.45, 2.75) is 45.3 Å². The van der Waals surface area contributed by atoms with E-state index in [9.17, 15) is 0 Å². The number of nitrogens with one attached hydrogen (secondary N) is 1. The Morgan fingerprint density at radius 1 is 1.38 bits per heavy atom. The first kappa shape index (κ1) is 14.9. The maximum absolute atomic E-state index is 5.76. The first-order valence-electron chi connectivity index (χ1n) is 8.43. The molecule has 1 N–H and O–H groups in total. The molecule has 21 heavy (non-hydrogen) atoms. The predicted molar refractivity (Wildman–Crippen MR) is 87.9 cm³/mol. The highest BCUT2D eigenvalue weighted by atomic mass is 16.5. The van der Waals surface area contributed by atoms with Crippen molar-refractivity contribution in [3.05, 3.63) is 29.3 Å². The van der Waals surface area contributed by atoms with Crippen LogP contribution in [0.4, 0.5) is 5.69 Å². The summed E-state index contributed by atoms with van der Waals surface area (Å²) < 4.78 is 5.76. The van der Waals surface area contributed by atoms with Gasteiger partial charge < -0.3 is 15.0 Å². The average molecular weight is 288 g/mol. The van der Waals surface area contributed by atoms with Crippen LogP contribution in [0.15, 0.2) is 18.2 Å². The van der Waals surface area contributed by atoms with Crippen LogP contribution in [0.2, 0.25) is 0 Å². The molecule has 0 saturated carbocycles. The number of rotatable bonds is 5. The Balaban J connectivity index is 1.54. The summed E-state index contributed by atoms with van der Waals surface area (Å²) in [6.07, 6.45) is 5.31. The fourth-order valence-electron chi connectivity index (χ4n) is 3.73. The molecule has 1 aromatic rings. The molecule has 0 aliphatic carbocycles. The van der Waals surface area contributed by atoms with Crippen LogP contribution in [0.1, 0.15) is 37.3 Å². The van der Waals surface area contributed by atoms with Crippen molar-refractivity contribution in [2.75, 3.05) is 31.6 Å². The molecule has 1 fully saturated rings. The second-order valence-corrected chi connectivity index (χ2v) is 6.49. The van der Waals surface area contributed by atoms with E-state index < -0.39 is 0 Å². The Morgan fingerprint density at radius 2 is 2.29 bits per heavy atom. The number of ether oxygens (including phenoxy) is 1. The lowest BCUT2D eigenvalue weighted by molar-refractivity contribution is 0.0872. The topological polar surface area (TPSA) is 24.5 Å². The van der Waals surface area contributed by atoms with Crippen LogP contribution in [-0.2, 0) is 17.7 Å². The van der Waals surface area contributed by atoms with Crippen LogP contribution in [0.25, 0.3) is 0 Å². The monoisotopic (exact) mass is 288 g/mol. The van der Waals surface area contributed by atoms with Crippen molar-refractivity contribution in [3.8, 4) is 0 Å². The van der Waals surface area contributed by atoms with Gasteiger partial charge in [0.1, 0.15) is 0 Å². The Hall–Kier alpha value is -1.06. The molecule has 2 atom stereocenters. The fourth-order valence-corrected chi connectivity index (χ4v) is 3.73. The van der Waals surface area contributed by atoms with Gasteiger partial charge in [-0.1, -0.05) is 19.1 Å². The van der Waals surface area contributed by atoms with E-state index >= 15 is 0 Å². The van der Waals surface area contributed by atoms with Crippen molar-refractivity contribution in [2.24, 2.45) is 5.92 Å². The minimum Gasteiger partial charge on any atom is -0.378 e. The molecule has 3 rings (SSSR count). The van der Waals surface area contributed by atoms with Crippen LogP contribution in [0.5, 0.6) is 0 Å². The molecule has 1 saturated heterocycles. The van der Waals surface area contributed by atoms with E-state index in [1.807, 2.05) is 0 Å². The molecule has 116 valence electrons. The van der Waals surface area contributed by atoms with Crippen molar-refractivity contribution >= 4 is 5.69 Å². The van der Waals surface area contributed by atoms with Crippen LogP contribution >= 0.6 is 0 Å². The second kappa shape index (κ2) is 6.80. The maximum atomic E-state index is 5.76. The van der Waals surface area contributed by atoms with Crippen molar-refractivity contribution < 1.29 is 4.74 Å². The smallest absolute Gasteiger partial charge is 0.0613 e. The van der Waals surface area contributed by atoms with E-state index in [1.54, 1.807) is 0 Å². The molecule has 0 bridgehead atoms. The third-order valence-electron chi connectivity index (χ3n) is 4.98. The van der Waals surface area contributed by atoms with Gasteiger partial charge in [-0.2, -0.15) is 0 Å². The molecule has 0 radical (unpaired) electrons. The summed E-state index contributed by atoms with van der Waals surface area (Å²) in [4.78, 5) is 2.37. The standard InChI is InChI=1S/C18H28N2O/c1-3-18-16(8-10-21-18)13-19-12-14-6-7-17-15(11-14)5-4-9-20(17)2/h6-7,11,16,18-19H,3-5,8-10,12-13H2,1-2H3. The molecular weight excluding hydrogens is 260 g/mol. The number of hydrogen-bond acceptors (Lipinski definition) is 3. The third kappa shape index (κ3) is 3.41. The van der Waals surface area contributed by atoms with Gasteiger partial charge in [-0.3, -0.25) is 0 Å². The summed E-state index contributed by atoms with van der Waals surface area (Å²) in [6.45, 7) is 6.41. The minimum atomic E-state index is 0.467. The lowest BCUT2D eigenvalue weighted by Crippen LogP contribution is -2.28. The SMILES string of the molecule is CCC1OCCC1CNCc1ccc2c(c1)CCCN2C. The van der Waals surface area contributed by atoms with Gasteiger partial charge in [0, 0.05) is 39.0 Å². The second-order valence-electron chi connectivity index (χ2n) is 6.49. The van der Waals surface area contributed by atoms with E-state index in [0.717, 1.165) is 26.1 Å². The summed E-state index contributed by atoms with van der Waals surface area (Å²) in [5.41, 5.74) is 4.34. The molecule has 3 nitrogen and oxygen atoms in total. The molecule has 1 aromatic carbocycles. The van der Waals surface area contributed by atoms with Gasteiger partial charge >= 0.3 is 0 Å². The van der Waals surface area contributed by atoms with E-state index in [-0.39, 0.29) is 0 Å². The van der Waals surface area contributed by atoms with Crippen molar-refractivity contribution in [3.63, 3.8) is 0 Å². The normalized spacial score (nSPS) is 25.1. The van der Waals surface area contributed by atoms with Gasteiger partial charge in [0.15, 0.2) is 0 Å². The number of fused-ring (bicyclic) bond motifs is 1. The zero-order valence-corrected chi connectivity index (χ0v) is 13.4. The van der Waals surface area contributed by atoms with E-state index in [2.05, 4.69) is 42.4 Å². The van der Waals surface area contributed by atoms with Crippen LogP contribution < -0.4 is 10.2 Å². The number of aryl methyl sites for hydroxylation is 1. The van der Waals surface area contributed by atoms with Crippen molar-refractivity contribution in [1.29, 1.82) is 0 Å². The highest BCUT2D eigenvalue weighted by molar-refractivity contribution is 5.56. The number of nitrogens with zero attached hydrogens (tertiary/aromatic N) is 1. The van der Waals surface area contributed by atoms with Gasteiger partial charge in [-0.25, -0.2) is 0 Å². The molecule has 0 spiro atoms. The summed E-state index contributed by atoms with van der Waals surface area (Å²) >= 11 is 0. The Labute approximate surface area is 128 Å². The minimum absolute atomic E-state index is 0.467. The van der Waals surface area contributed by atoms with Crippen LogP contribution in [0.3, 0.4) is 0 Å². The third-order valence-corrected chi connectivity index (χ3v) is 4.98. The number of hydrogen-bond donors (Lipinski definition) is 1. The zero-order valence-electron chi connectivity index (χ0n) is 13.4. The highest BCUT2D eigenvalue weighted by Gasteiger charge is 2.26. The molecule has 0 amide bonds. The summed E-state index contributed by atoms with van der Waals surface area (Å²) in [7, 11) is 2.20. The Kier molecular flexibility index (Phi) is 4.81. The summed E-state index contributed by atoms with van der Waals surface area (Å²) in [5.74, 6) is 0.693. The number of benzene rings is 1. The largest absolute Gasteiger partial charge is 0.378 e. The quantitative estimate of drug-likeness (QED) is 0.901. The summed E-state index contributed by atoms with van der Waals surface area (Å²) in [6, 6.07) is 6.95. The maximum Gasteiger partial charge on any atom is 0.0613 e. The molecule has 2 heterocycles. The first-order chi connectivity index (χ1) is 10.3. The summed E-state index contributed by atoms with van der Waals surface area (Å²) in [5, 5.41) is 3.63. The van der Waals surface area contributed by atoms with Gasteiger partial charge in [-0.05, 0) is 48.8 Å². The van der Waals surface area contributed by atoms with E-state index in [0.29, 0.717) is 12.0 Å². The molecule has 2 aliphatic heterocycles. The van der Waals surface area contributed by atoms with Gasteiger partial charge in [-0.15, -0.1) is 0 Å². The number of anilines is 1. The molecule has 0 aromatic heterocycles. The molecule has 2 aliphatic rings. The lowest BCUT2D eigenvalue weighted by atomic mass is 9.98. The van der Waals surface area contributed by atoms with Gasteiger partial charge in [0.2, 0.25) is 0 Å². The Morgan fingerprint density at radius 3 is 3.14 bits per heavy atom. The van der Waals surface area contributed by atoms with Gasteiger partial charge in [0.05, 0.1) is 6.10 Å². The molecule has 3 heteroatoms. The molecule has 2 unspecified atom stereocenters. The Bertz CT molecular complexity index is 474. The van der Waals surface area contributed by atoms with Crippen molar-refractivity contribution in [1.82, 2.24) is 5.32 Å². The van der Waals surface area contributed by atoms with Crippen LogP contribution in [0, 0.1) is 5.92 Å². The van der Waals surface area contributed by atoms with Crippen LogP contribution in [-0.4, -0.2) is 32.8 Å². The fraction of sp³-hybridized carbons (Fsp3) is 0.667. The van der Waals surface area contributed by atoms with Gasteiger partial charge in [0.25, 0.3) is 0 Å². The highest BCUT2D eigenvalue weighted by Crippen LogP contribution is 2.27. The van der Waals surface area contributed by atoms with E-state index in [1.165, 1.54) is 42.6 Å². The zero-order chi connectivity index (χ0) is 14.7.